The van der Waals surface area contributed by atoms with Crippen LogP contribution in [-0.2, 0) is 21.3 Å². The average molecular weight is 285 g/mol. The van der Waals surface area contributed by atoms with E-state index < -0.39 is 0 Å². The maximum atomic E-state index is 11.3. The molecule has 0 unspecified atom stereocenters. The molecule has 0 aliphatic heterocycles. The number of halogens is 1. The lowest BCUT2D eigenvalue weighted by atomic mass is 10.0. The number of methoxy groups -OCH3 is 1. The third kappa shape index (κ3) is 3.17. The van der Waals surface area contributed by atoms with E-state index in [0.717, 1.165) is 17.4 Å². The predicted molar refractivity (Wildman–Crippen MR) is 64.8 cm³/mol. The standard InChI is InChI=1S/C12H13BrO3/c1-16-12(15)10-4-5-11(8-13)9(7-10)3-2-6-14/h4-7H,2-3,8H2,1H3. The van der Waals surface area contributed by atoms with E-state index in [4.69, 9.17) is 0 Å². The predicted octanol–water partition coefficient (Wildman–Crippen LogP) is 2.50. The Kier molecular flexibility index (Phi) is 5.19. The van der Waals surface area contributed by atoms with Gasteiger partial charge in [0.25, 0.3) is 0 Å². The first-order chi connectivity index (χ1) is 7.72. The quantitative estimate of drug-likeness (QED) is 0.474. The number of alkyl halides is 1. The minimum atomic E-state index is -0.353. The molecule has 3 nitrogen and oxygen atoms in total. The Bertz CT molecular complexity index is 388. The summed E-state index contributed by atoms with van der Waals surface area (Å²) in [7, 11) is 1.35. The third-order valence-electron chi connectivity index (χ3n) is 2.30. The van der Waals surface area contributed by atoms with Gasteiger partial charge in [-0.2, -0.15) is 0 Å². The summed E-state index contributed by atoms with van der Waals surface area (Å²) < 4.78 is 4.65. The van der Waals surface area contributed by atoms with Gasteiger partial charge in [-0.05, 0) is 29.7 Å². The fourth-order valence-electron chi connectivity index (χ4n) is 1.45. The van der Waals surface area contributed by atoms with Crippen LogP contribution in [0.4, 0.5) is 0 Å². The molecule has 0 aliphatic carbocycles. The van der Waals surface area contributed by atoms with Crippen LogP contribution < -0.4 is 0 Å². The van der Waals surface area contributed by atoms with Crippen molar-refractivity contribution in [2.75, 3.05) is 7.11 Å². The number of carbonyl (C=O) groups excluding carboxylic acids is 2. The highest BCUT2D eigenvalue weighted by atomic mass is 79.9. The van der Waals surface area contributed by atoms with Gasteiger partial charge in [0.1, 0.15) is 6.29 Å². The van der Waals surface area contributed by atoms with Crippen molar-refractivity contribution in [2.45, 2.75) is 18.2 Å². The maximum Gasteiger partial charge on any atom is 0.337 e. The monoisotopic (exact) mass is 284 g/mol. The molecule has 0 atom stereocenters. The molecule has 0 aromatic heterocycles. The zero-order valence-corrected chi connectivity index (χ0v) is 10.6. The average Bonchev–Trinajstić information content (AvgIpc) is 2.34. The van der Waals surface area contributed by atoms with Crippen molar-refractivity contribution < 1.29 is 14.3 Å². The second kappa shape index (κ2) is 6.43. The summed E-state index contributed by atoms with van der Waals surface area (Å²) in [6, 6.07) is 5.39. The Balaban J connectivity index is 3.00. The molecule has 0 spiro atoms. The number of rotatable bonds is 5. The molecule has 1 rings (SSSR count). The van der Waals surface area contributed by atoms with Crippen LogP contribution in [0.5, 0.6) is 0 Å². The molecule has 0 amide bonds. The van der Waals surface area contributed by atoms with Gasteiger partial charge in [-0.3, -0.25) is 0 Å². The second-order valence-electron chi connectivity index (χ2n) is 3.31. The van der Waals surface area contributed by atoms with Gasteiger partial charge in [0.2, 0.25) is 0 Å². The molecule has 0 saturated carbocycles. The number of aldehydes is 1. The molecule has 4 heteroatoms. The lowest BCUT2D eigenvalue weighted by molar-refractivity contribution is -0.107. The van der Waals surface area contributed by atoms with Crippen molar-refractivity contribution in [3.63, 3.8) is 0 Å². The molecular formula is C12H13BrO3. The molecule has 1 aromatic rings. The summed E-state index contributed by atoms with van der Waals surface area (Å²) in [5.41, 5.74) is 2.62. The zero-order valence-electron chi connectivity index (χ0n) is 9.03. The number of ether oxygens (including phenoxy) is 1. The van der Waals surface area contributed by atoms with Crippen molar-refractivity contribution in [3.8, 4) is 0 Å². The van der Waals surface area contributed by atoms with E-state index in [2.05, 4.69) is 20.7 Å². The Hall–Kier alpha value is -1.16. The second-order valence-corrected chi connectivity index (χ2v) is 3.87. The van der Waals surface area contributed by atoms with Crippen molar-refractivity contribution in [3.05, 3.63) is 34.9 Å². The van der Waals surface area contributed by atoms with E-state index in [1.54, 1.807) is 12.1 Å². The topological polar surface area (TPSA) is 43.4 Å². The van der Waals surface area contributed by atoms with Gasteiger partial charge in [-0.1, -0.05) is 22.0 Å². The number of benzene rings is 1. The number of carbonyl (C=O) groups is 2. The molecule has 0 aliphatic rings. The lowest BCUT2D eigenvalue weighted by Gasteiger charge is -2.07. The van der Waals surface area contributed by atoms with Gasteiger partial charge in [-0.25, -0.2) is 4.79 Å². The summed E-state index contributed by atoms with van der Waals surface area (Å²) in [5, 5.41) is 0.711. The molecule has 0 N–H and O–H groups in total. The maximum absolute atomic E-state index is 11.3. The highest BCUT2D eigenvalue weighted by Crippen LogP contribution is 2.17. The van der Waals surface area contributed by atoms with Gasteiger partial charge < -0.3 is 9.53 Å². The van der Waals surface area contributed by atoms with Gasteiger partial charge >= 0.3 is 5.97 Å². The van der Waals surface area contributed by atoms with Gasteiger partial charge in [0.05, 0.1) is 12.7 Å². The summed E-state index contributed by atoms with van der Waals surface area (Å²) in [5.74, 6) is -0.353. The van der Waals surface area contributed by atoms with E-state index in [1.807, 2.05) is 6.07 Å². The molecule has 16 heavy (non-hydrogen) atoms. The van der Waals surface area contributed by atoms with Gasteiger partial charge in [0.15, 0.2) is 0 Å². The smallest absolute Gasteiger partial charge is 0.337 e. The number of hydrogen-bond acceptors (Lipinski definition) is 3. The molecular weight excluding hydrogens is 272 g/mol. The number of aryl methyl sites for hydroxylation is 1. The Morgan fingerprint density at radius 1 is 1.44 bits per heavy atom. The van der Waals surface area contributed by atoms with Crippen molar-refractivity contribution >= 4 is 28.2 Å². The summed E-state index contributed by atoms with van der Waals surface area (Å²) in [4.78, 5) is 21.7. The van der Waals surface area contributed by atoms with E-state index >= 15 is 0 Å². The molecule has 1 aromatic carbocycles. The first-order valence-corrected chi connectivity index (χ1v) is 6.04. The molecule has 0 heterocycles. The fourth-order valence-corrected chi connectivity index (χ4v) is 2.00. The highest BCUT2D eigenvalue weighted by Gasteiger charge is 2.08. The number of esters is 1. The van der Waals surface area contributed by atoms with Crippen LogP contribution in [0, 0.1) is 0 Å². The minimum absolute atomic E-state index is 0.353. The van der Waals surface area contributed by atoms with Crippen LogP contribution in [0.25, 0.3) is 0 Å². The van der Waals surface area contributed by atoms with Crippen molar-refractivity contribution in [1.82, 2.24) is 0 Å². The summed E-state index contributed by atoms with van der Waals surface area (Å²) in [6.07, 6.45) is 1.99. The largest absolute Gasteiger partial charge is 0.465 e. The molecule has 0 radical (unpaired) electrons. The van der Waals surface area contributed by atoms with Gasteiger partial charge in [-0.15, -0.1) is 0 Å². The van der Waals surface area contributed by atoms with Crippen LogP contribution in [-0.4, -0.2) is 19.4 Å². The van der Waals surface area contributed by atoms with Crippen LogP contribution in [0.1, 0.15) is 27.9 Å². The Labute approximate surface area is 103 Å². The van der Waals surface area contributed by atoms with Crippen LogP contribution in [0.2, 0.25) is 0 Å². The van der Waals surface area contributed by atoms with Gasteiger partial charge in [0, 0.05) is 11.8 Å². The molecule has 86 valence electrons. The fraction of sp³-hybridized carbons (Fsp3) is 0.333. The first-order valence-electron chi connectivity index (χ1n) is 4.92. The first kappa shape index (κ1) is 12.9. The van der Waals surface area contributed by atoms with Crippen LogP contribution >= 0.6 is 15.9 Å². The SMILES string of the molecule is COC(=O)c1ccc(CBr)c(CCC=O)c1. The van der Waals surface area contributed by atoms with Crippen molar-refractivity contribution in [1.29, 1.82) is 0 Å². The molecule has 0 fully saturated rings. The Morgan fingerprint density at radius 2 is 2.19 bits per heavy atom. The summed E-state index contributed by atoms with van der Waals surface area (Å²) in [6.45, 7) is 0. The van der Waals surface area contributed by atoms with Crippen LogP contribution in [0.3, 0.4) is 0 Å². The highest BCUT2D eigenvalue weighted by molar-refractivity contribution is 9.08. The summed E-state index contributed by atoms with van der Waals surface area (Å²) >= 11 is 3.37. The minimum Gasteiger partial charge on any atom is -0.465 e. The molecule has 0 bridgehead atoms. The number of hydrogen-bond donors (Lipinski definition) is 0. The van der Waals surface area contributed by atoms with Crippen LogP contribution in [0.15, 0.2) is 18.2 Å². The van der Waals surface area contributed by atoms with E-state index in [-0.39, 0.29) is 5.97 Å². The third-order valence-corrected chi connectivity index (χ3v) is 2.91. The lowest BCUT2D eigenvalue weighted by Crippen LogP contribution is -2.03. The van der Waals surface area contributed by atoms with Crippen molar-refractivity contribution in [2.24, 2.45) is 0 Å². The zero-order chi connectivity index (χ0) is 12.0. The normalized spacial score (nSPS) is 9.88. The van der Waals surface area contributed by atoms with E-state index in [1.165, 1.54) is 7.11 Å². The Morgan fingerprint density at radius 3 is 2.75 bits per heavy atom. The van der Waals surface area contributed by atoms with E-state index in [0.29, 0.717) is 23.7 Å². The van der Waals surface area contributed by atoms with E-state index in [9.17, 15) is 9.59 Å². The molecule has 0 saturated heterocycles.